The van der Waals surface area contributed by atoms with Crippen molar-refractivity contribution in [1.82, 2.24) is 0 Å². The molecule has 0 fully saturated rings. The van der Waals surface area contributed by atoms with E-state index in [2.05, 4.69) is 0 Å². The molecule has 6 nitrogen and oxygen atoms in total. The van der Waals surface area contributed by atoms with Gasteiger partial charge < -0.3 is 75.3 Å². The van der Waals surface area contributed by atoms with Gasteiger partial charge in [-0.15, -0.1) is 0 Å². The van der Waals surface area contributed by atoms with Crippen LogP contribution in [0.5, 0.6) is 0 Å². The van der Waals surface area contributed by atoms with Crippen LogP contribution in [0.1, 0.15) is 4.28 Å². The van der Waals surface area contributed by atoms with Crippen LogP contribution in [0, 0.1) is 113 Å². The van der Waals surface area contributed by atoms with Crippen LogP contribution in [0.2, 0.25) is 0 Å². The average Bonchev–Trinajstić information content (AvgIpc) is 2.33. The molecule has 0 rings (SSSR count). The fraction of sp³-hybridized carbons (Fsp3) is 0. The summed E-state index contributed by atoms with van der Waals surface area (Å²) in [6.07, 6.45) is 0. The van der Waals surface area contributed by atoms with Crippen molar-refractivity contribution in [2.24, 2.45) is 0 Å². The second-order valence-electron chi connectivity index (χ2n) is 0. The quantitative estimate of drug-likeness (QED) is 0.253. The molecule has 0 aromatic heterocycles. The summed E-state index contributed by atoms with van der Waals surface area (Å²) in [6, 6.07) is 0. The van der Waals surface area contributed by atoms with Crippen molar-refractivity contribution in [2.75, 3.05) is 0 Å². The number of rotatable bonds is 0. The Labute approximate surface area is 280 Å². The van der Waals surface area contributed by atoms with Crippen LogP contribution >= 0.6 is 0 Å². The van der Waals surface area contributed by atoms with Crippen LogP contribution in [0.4, 0.5) is 0 Å². The van der Waals surface area contributed by atoms with Gasteiger partial charge in [0.2, 0.25) is 0 Å². The van der Waals surface area contributed by atoms with E-state index in [0.717, 1.165) is 0 Å². The van der Waals surface area contributed by atoms with Crippen LogP contribution in [0.15, 0.2) is 0 Å². The van der Waals surface area contributed by atoms with E-state index in [0.29, 0.717) is 0 Å². The molecule has 0 bridgehead atoms. The Hall–Kier alpha value is 3.75. The van der Waals surface area contributed by atoms with Gasteiger partial charge in [0, 0.05) is 41.7 Å². The molecule has 0 radical (unpaired) electrons. The van der Waals surface area contributed by atoms with E-state index in [1.54, 1.807) is 0 Å². The van der Waals surface area contributed by atoms with E-state index >= 15 is 0 Å². The zero-order valence-corrected chi connectivity index (χ0v) is 23.2. The van der Waals surface area contributed by atoms with E-state index in [4.69, 9.17) is 71.0 Å². The first-order valence-electron chi connectivity index (χ1n) is 1.34. The number of nitrogens with zero attached hydrogens (tertiary/aromatic N) is 6. The maximum absolute atomic E-state index is 6.25. The van der Waals surface area contributed by atoms with Gasteiger partial charge in [-0.2, -0.15) is 0 Å². The topological polar surface area (TPSA) is 143 Å². The van der Waals surface area contributed by atoms with Gasteiger partial charge in [-0.1, -0.05) is 0 Å². The Morgan fingerprint density at radius 1 is 0.412 bits per heavy atom. The molecule has 0 amide bonds. The first kappa shape index (κ1) is 85.2. The molecule has 0 aromatic carbocycles. The van der Waals surface area contributed by atoms with Crippen molar-refractivity contribution in [3.63, 3.8) is 0 Å². The van der Waals surface area contributed by atoms with Crippen molar-refractivity contribution in [2.45, 2.75) is 0 Å². The molecule has 17 heavy (non-hydrogen) atoms. The van der Waals surface area contributed by atoms with E-state index in [1.165, 1.54) is 0 Å². The molecule has 11 heteroatoms. The summed E-state index contributed by atoms with van der Waals surface area (Å²) >= 11 is 0. The first-order chi connectivity index (χ1) is 6.00. The number of hydrogen-bond acceptors (Lipinski definition) is 6. The molecule has 0 atom stereocenters. The fourth-order valence-electron chi connectivity index (χ4n) is 0. The molecule has 0 spiro atoms. The van der Waals surface area contributed by atoms with Crippen molar-refractivity contribution < 1.29 is 217 Å². The van der Waals surface area contributed by atoms with Crippen LogP contribution in [-0.2, 0) is 17.1 Å². The van der Waals surface area contributed by atoms with Gasteiger partial charge in [0.05, 0.1) is 0 Å². The maximum Gasteiger partial charge on any atom is 6.00 e. The summed E-state index contributed by atoms with van der Waals surface area (Å²) in [7, 11) is 0. The summed E-state index contributed by atoms with van der Waals surface area (Å²) in [6.45, 7) is 28.5. The van der Waals surface area contributed by atoms with Crippen molar-refractivity contribution in [3.8, 4) is 0 Å². The molecule has 0 aliphatic carbocycles. The van der Waals surface area contributed by atoms with Crippen molar-refractivity contribution in [1.29, 1.82) is 31.6 Å². The predicted octanol–water partition coefficient (Wildman–Crippen LogP) is -8.07. The normalized spacial score (nSPS) is 0.706. The van der Waals surface area contributed by atoms with Crippen LogP contribution in [0.3, 0.4) is 0 Å². The minimum atomic E-state index is 0. The maximum atomic E-state index is 6.25. The predicted molar refractivity (Wildman–Crippen MR) is 33.1 cm³/mol. The summed E-state index contributed by atoms with van der Waals surface area (Å²) in [4.78, 5) is 0. The number of hydrogen-bond donors (Lipinski definition) is 0. The molecule has 0 heterocycles. The van der Waals surface area contributed by atoms with Gasteiger partial charge >= 0.3 is 171 Å². The van der Waals surface area contributed by atoms with Crippen LogP contribution in [-0.4, -0.2) is 0 Å². The first-order valence-corrected chi connectivity index (χ1v) is 1.34. The molecule has 0 saturated carbocycles. The largest absolute Gasteiger partial charge is 6.00 e. The third kappa shape index (κ3) is 443. The Morgan fingerprint density at radius 2 is 0.412 bits per heavy atom. The van der Waals surface area contributed by atoms with Gasteiger partial charge in [0.15, 0.2) is 0 Å². The zero-order valence-electron chi connectivity index (χ0n) is 12.5. The molecule has 0 N–H and O–H groups in total. The van der Waals surface area contributed by atoms with Gasteiger partial charge in [-0.25, -0.2) is 0 Å². The molecule has 0 saturated heterocycles. The van der Waals surface area contributed by atoms with Crippen LogP contribution < -0.4 is 154 Å². The molecular weight excluding hydrogens is 469 g/mol. The summed E-state index contributed by atoms with van der Waals surface area (Å²) in [5, 5.41) is 37.5. The fourth-order valence-corrected chi connectivity index (χ4v) is 0. The minimum absolute atomic E-state index is 0. The smallest absolute Gasteiger partial charge is 1.00 e. The summed E-state index contributed by atoms with van der Waals surface area (Å²) in [5.41, 5.74) is 0. The van der Waals surface area contributed by atoms with E-state index in [9.17, 15) is 0 Å². The van der Waals surface area contributed by atoms with Crippen LogP contribution in [0.25, 0.3) is 0 Å². The Bertz CT molecular complexity index is 121. The molecule has 0 aromatic rings. The molecule has 72 valence electrons. The molecular formula is C6H3CeFeK3N6. The van der Waals surface area contributed by atoms with E-state index in [-0.39, 0.29) is 217 Å². The van der Waals surface area contributed by atoms with E-state index < -0.39 is 0 Å². The summed E-state index contributed by atoms with van der Waals surface area (Å²) in [5.74, 6) is 0. The Balaban J connectivity index is -0.00000000167. The molecule has 0 aliphatic heterocycles. The molecule has 0 unspecified atom stereocenters. The van der Waals surface area contributed by atoms with Crippen molar-refractivity contribution in [3.05, 3.63) is 39.4 Å². The standard InChI is InChI=1S/6CN.Ce.Fe.3K.3H/c6*1-2;;;;;;;;/q6*-1;;+6;3*+1;3*-1. The van der Waals surface area contributed by atoms with Gasteiger partial charge in [-0.3, -0.25) is 0 Å². The van der Waals surface area contributed by atoms with Gasteiger partial charge in [0.25, 0.3) is 0 Å². The third-order valence-corrected chi connectivity index (χ3v) is 0. The van der Waals surface area contributed by atoms with Crippen molar-refractivity contribution >= 4 is 0 Å². The SMILES string of the molecule is [C-]#N.[C-]#N.[C-]#N.[C-]#N.[C-]#N.[C-]#N.[Ce].[Fe+6].[H-].[H-].[H-].[K+].[K+].[K+]. The second kappa shape index (κ2) is 495. The van der Waals surface area contributed by atoms with E-state index in [1.807, 2.05) is 0 Å². The second-order valence-corrected chi connectivity index (χ2v) is 0. The Kier molecular flexibility index (Phi) is 2480. The van der Waals surface area contributed by atoms with Gasteiger partial charge in [0.1, 0.15) is 0 Å². The Morgan fingerprint density at radius 3 is 0.412 bits per heavy atom. The average molecular weight is 472 g/mol. The monoisotopic (exact) mass is 472 g/mol. The zero-order chi connectivity index (χ0) is 12.0. The minimum Gasteiger partial charge on any atom is -1.00 e. The third-order valence-electron chi connectivity index (χ3n) is 0. The molecule has 0 aliphatic rings. The summed E-state index contributed by atoms with van der Waals surface area (Å²) < 4.78 is 0. The van der Waals surface area contributed by atoms with Gasteiger partial charge in [-0.05, 0) is 0 Å².